The molecule has 0 saturated carbocycles. The fourth-order valence-electron chi connectivity index (χ4n) is 1.61. The molecule has 0 aromatic carbocycles. The molecule has 0 unspecified atom stereocenters. The highest BCUT2D eigenvalue weighted by molar-refractivity contribution is 8.00. The molecule has 7 heteroatoms. The summed E-state index contributed by atoms with van der Waals surface area (Å²) < 4.78 is 0.157. The fraction of sp³-hybridized carbons (Fsp3) is 0.727. The first-order valence-electron chi connectivity index (χ1n) is 5.81. The first kappa shape index (κ1) is 15.2. The third-order valence-corrected chi connectivity index (χ3v) is 4.26. The second-order valence-electron chi connectivity index (χ2n) is 4.80. The molecular weight excluding hydrogens is 270 g/mol. The quantitative estimate of drug-likeness (QED) is 0.558. The monoisotopic (exact) mass is 289 g/mol. The lowest BCUT2D eigenvalue weighted by Gasteiger charge is -2.22. The van der Waals surface area contributed by atoms with Crippen LogP contribution in [0.5, 0.6) is 0 Å². The molecule has 2 amide bonds. The number of hydrogen-bond donors (Lipinski definition) is 2. The highest BCUT2D eigenvalue weighted by Crippen LogP contribution is 2.30. The summed E-state index contributed by atoms with van der Waals surface area (Å²) in [6.07, 6.45) is 0.881. The van der Waals surface area contributed by atoms with E-state index in [1.165, 1.54) is 0 Å². The normalized spacial score (nSPS) is 18.9. The van der Waals surface area contributed by atoms with Crippen molar-refractivity contribution in [1.29, 1.82) is 0 Å². The van der Waals surface area contributed by atoms with Crippen LogP contribution in [0, 0.1) is 0 Å². The van der Waals surface area contributed by atoms with Gasteiger partial charge in [-0.25, -0.2) is 0 Å². The van der Waals surface area contributed by atoms with Gasteiger partial charge in [0.25, 0.3) is 0 Å². The SMILES string of the molecule is CC1(C)CCN(C(=O)C(=O)NCC(N)=S)CCS1. The third kappa shape index (κ3) is 4.81. The van der Waals surface area contributed by atoms with E-state index in [1.54, 1.807) is 4.90 Å². The van der Waals surface area contributed by atoms with Gasteiger partial charge in [-0.15, -0.1) is 0 Å². The van der Waals surface area contributed by atoms with Crippen LogP contribution in [-0.4, -0.2) is 51.8 Å². The zero-order valence-corrected chi connectivity index (χ0v) is 12.3. The summed E-state index contributed by atoms with van der Waals surface area (Å²) >= 11 is 6.47. The topological polar surface area (TPSA) is 75.4 Å². The van der Waals surface area contributed by atoms with Crippen molar-refractivity contribution >= 4 is 40.8 Å². The van der Waals surface area contributed by atoms with Crippen molar-refractivity contribution in [3.05, 3.63) is 0 Å². The van der Waals surface area contributed by atoms with Crippen LogP contribution in [0.3, 0.4) is 0 Å². The lowest BCUT2D eigenvalue weighted by atomic mass is 10.1. The Morgan fingerprint density at radius 3 is 2.72 bits per heavy atom. The molecule has 0 radical (unpaired) electrons. The van der Waals surface area contributed by atoms with Crippen molar-refractivity contribution in [1.82, 2.24) is 10.2 Å². The molecule has 0 aromatic heterocycles. The van der Waals surface area contributed by atoms with Gasteiger partial charge >= 0.3 is 11.8 Å². The molecule has 1 aliphatic rings. The Labute approximate surface area is 117 Å². The van der Waals surface area contributed by atoms with Crippen LogP contribution in [0.4, 0.5) is 0 Å². The van der Waals surface area contributed by atoms with Gasteiger partial charge in [0.2, 0.25) is 0 Å². The second kappa shape index (κ2) is 6.38. The zero-order valence-electron chi connectivity index (χ0n) is 10.7. The van der Waals surface area contributed by atoms with Gasteiger partial charge in [0.15, 0.2) is 0 Å². The minimum Gasteiger partial charge on any atom is -0.392 e. The summed E-state index contributed by atoms with van der Waals surface area (Å²) in [7, 11) is 0. The van der Waals surface area contributed by atoms with E-state index >= 15 is 0 Å². The summed E-state index contributed by atoms with van der Waals surface area (Å²) in [5.74, 6) is -0.279. The predicted octanol–water partition coefficient (Wildman–Crippen LogP) is 0.133. The Bertz CT molecular complexity index is 358. The van der Waals surface area contributed by atoms with Gasteiger partial charge in [0, 0.05) is 23.6 Å². The molecule has 1 aliphatic heterocycles. The molecule has 5 nitrogen and oxygen atoms in total. The Balaban J connectivity index is 2.51. The predicted molar refractivity (Wildman–Crippen MR) is 77.5 cm³/mol. The van der Waals surface area contributed by atoms with E-state index in [4.69, 9.17) is 5.73 Å². The van der Waals surface area contributed by atoms with Crippen molar-refractivity contribution < 1.29 is 9.59 Å². The number of carbonyl (C=O) groups excluding carboxylic acids is 2. The van der Waals surface area contributed by atoms with Gasteiger partial charge in [0.1, 0.15) is 0 Å². The van der Waals surface area contributed by atoms with Crippen LogP contribution < -0.4 is 11.1 Å². The van der Waals surface area contributed by atoms with Crippen molar-refractivity contribution in [2.75, 3.05) is 25.4 Å². The number of hydrogen-bond acceptors (Lipinski definition) is 4. The molecule has 0 aromatic rings. The number of thioether (sulfide) groups is 1. The summed E-state index contributed by atoms with van der Waals surface area (Å²) in [4.78, 5) is 25.3. The van der Waals surface area contributed by atoms with Crippen molar-refractivity contribution in [2.24, 2.45) is 5.73 Å². The van der Waals surface area contributed by atoms with Crippen molar-refractivity contribution in [3.63, 3.8) is 0 Å². The third-order valence-electron chi connectivity index (χ3n) is 2.74. The minimum atomic E-state index is -0.632. The molecule has 102 valence electrons. The molecule has 1 fully saturated rings. The Morgan fingerprint density at radius 1 is 1.44 bits per heavy atom. The summed E-state index contributed by atoms with van der Waals surface area (Å²) in [6.45, 7) is 5.58. The van der Waals surface area contributed by atoms with E-state index in [-0.39, 0.29) is 16.3 Å². The molecule has 3 N–H and O–H groups in total. The van der Waals surface area contributed by atoms with Crippen molar-refractivity contribution in [2.45, 2.75) is 25.0 Å². The first-order valence-corrected chi connectivity index (χ1v) is 7.20. The second-order valence-corrected chi connectivity index (χ2v) is 7.13. The standard InChI is InChI=1S/C11H19N3O2S2/c1-11(2)3-4-14(5-6-18-11)10(16)9(15)13-7-8(12)17/h3-7H2,1-2H3,(H2,12,17)(H,13,15). The zero-order chi connectivity index (χ0) is 13.8. The lowest BCUT2D eigenvalue weighted by molar-refractivity contribution is -0.145. The number of nitrogens with one attached hydrogen (secondary N) is 1. The Morgan fingerprint density at radius 2 is 2.11 bits per heavy atom. The number of thiocarbonyl (C=S) groups is 1. The number of rotatable bonds is 2. The van der Waals surface area contributed by atoms with E-state index in [9.17, 15) is 9.59 Å². The number of nitrogens with zero attached hydrogens (tertiary/aromatic N) is 1. The van der Waals surface area contributed by atoms with Gasteiger partial charge < -0.3 is 16.0 Å². The average molecular weight is 289 g/mol. The molecular formula is C11H19N3O2S2. The molecule has 1 rings (SSSR count). The van der Waals surface area contributed by atoms with Gasteiger partial charge in [-0.3, -0.25) is 9.59 Å². The Kier molecular flexibility index (Phi) is 5.40. The number of amides is 2. The van der Waals surface area contributed by atoms with E-state index in [0.29, 0.717) is 13.1 Å². The van der Waals surface area contributed by atoms with Crippen LogP contribution in [-0.2, 0) is 9.59 Å². The summed E-state index contributed by atoms with van der Waals surface area (Å²) in [5, 5.41) is 2.42. The number of carbonyl (C=O) groups is 2. The van der Waals surface area contributed by atoms with E-state index < -0.39 is 11.8 Å². The van der Waals surface area contributed by atoms with E-state index in [1.807, 2.05) is 11.8 Å². The van der Waals surface area contributed by atoms with Crippen LogP contribution in [0.15, 0.2) is 0 Å². The van der Waals surface area contributed by atoms with E-state index in [0.717, 1.165) is 12.2 Å². The van der Waals surface area contributed by atoms with Gasteiger partial charge in [-0.05, 0) is 6.42 Å². The van der Waals surface area contributed by atoms with Gasteiger partial charge in [-0.2, -0.15) is 11.8 Å². The van der Waals surface area contributed by atoms with Gasteiger partial charge in [-0.1, -0.05) is 26.1 Å². The summed E-state index contributed by atoms with van der Waals surface area (Å²) in [6, 6.07) is 0. The fourth-order valence-corrected chi connectivity index (χ4v) is 2.78. The maximum Gasteiger partial charge on any atom is 0.311 e. The molecule has 0 bridgehead atoms. The van der Waals surface area contributed by atoms with E-state index in [2.05, 4.69) is 31.4 Å². The molecule has 1 saturated heterocycles. The van der Waals surface area contributed by atoms with Gasteiger partial charge in [0.05, 0.1) is 11.5 Å². The van der Waals surface area contributed by atoms with Crippen LogP contribution in [0.1, 0.15) is 20.3 Å². The smallest absolute Gasteiger partial charge is 0.311 e. The minimum absolute atomic E-state index is 0.0635. The highest BCUT2D eigenvalue weighted by atomic mass is 32.2. The lowest BCUT2D eigenvalue weighted by Crippen LogP contribution is -2.46. The number of nitrogens with two attached hydrogens (primary N) is 1. The molecule has 0 aliphatic carbocycles. The highest BCUT2D eigenvalue weighted by Gasteiger charge is 2.28. The summed E-state index contributed by atoms with van der Waals surface area (Å²) in [5.41, 5.74) is 5.27. The van der Waals surface area contributed by atoms with Crippen LogP contribution in [0.25, 0.3) is 0 Å². The Hall–Kier alpha value is -0.820. The van der Waals surface area contributed by atoms with Crippen molar-refractivity contribution in [3.8, 4) is 0 Å². The van der Waals surface area contributed by atoms with Crippen LogP contribution >= 0.6 is 24.0 Å². The average Bonchev–Trinajstić information content (AvgIpc) is 2.46. The first-order chi connectivity index (χ1) is 8.32. The largest absolute Gasteiger partial charge is 0.392 e. The maximum atomic E-state index is 11.9. The maximum absolute atomic E-state index is 11.9. The molecule has 1 heterocycles. The van der Waals surface area contributed by atoms with Crippen LogP contribution in [0.2, 0.25) is 0 Å². The molecule has 18 heavy (non-hydrogen) atoms. The molecule has 0 spiro atoms. The molecule has 0 atom stereocenters.